The first-order valence-electron chi connectivity index (χ1n) is 6.47. The molecule has 0 spiro atoms. The van der Waals surface area contributed by atoms with Gasteiger partial charge in [-0.25, -0.2) is 0 Å². The summed E-state index contributed by atoms with van der Waals surface area (Å²) in [6.45, 7) is 1.03. The van der Waals surface area contributed by atoms with Crippen LogP contribution in [0.4, 0.5) is 0 Å². The van der Waals surface area contributed by atoms with Crippen LogP contribution >= 0.6 is 15.9 Å². The van der Waals surface area contributed by atoms with E-state index in [1.165, 1.54) is 0 Å². The maximum atomic E-state index is 11.8. The Morgan fingerprint density at radius 3 is 2.58 bits per heavy atom. The topological polar surface area (TPSA) is 55.8 Å². The fourth-order valence-electron chi connectivity index (χ4n) is 3.03. The van der Waals surface area contributed by atoms with Gasteiger partial charge >= 0.3 is 5.97 Å². The van der Waals surface area contributed by atoms with Gasteiger partial charge in [-0.2, -0.15) is 0 Å². The van der Waals surface area contributed by atoms with Crippen LogP contribution in [0.15, 0.2) is 16.6 Å². The molecule has 0 aromatic heterocycles. The number of benzene rings is 1. The zero-order valence-electron chi connectivity index (χ0n) is 10.4. The van der Waals surface area contributed by atoms with Gasteiger partial charge < -0.3 is 14.6 Å². The highest BCUT2D eigenvalue weighted by Crippen LogP contribution is 2.49. The third-order valence-corrected chi connectivity index (χ3v) is 4.82. The number of carboxylic acids is 1. The zero-order valence-corrected chi connectivity index (χ0v) is 12.0. The van der Waals surface area contributed by atoms with E-state index in [0.717, 1.165) is 22.9 Å². The summed E-state index contributed by atoms with van der Waals surface area (Å²) in [4.78, 5) is 11.8. The quantitative estimate of drug-likeness (QED) is 0.907. The summed E-state index contributed by atoms with van der Waals surface area (Å²) < 4.78 is 11.9. The Bertz CT molecular complexity index is 520. The average molecular weight is 327 g/mol. The summed E-state index contributed by atoms with van der Waals surface area (Å²) in [6, 6.07) is 3.68. The molecule has 5 heteroatoms. The van der Waals surface area contributed by atoms with Gasteiger partial charge in [0.15, 0.2) is 11.5 Å². The van der Waals surface area contributed by atoms with Crippen molar-refractivity contribution in [3.8, 4) is 11.5 Å². The summed E-state index contributed by atoms with van der Waals surface area (Å²) in [7, 11) is 0. The maximum absolute atomic E-state index is 11.8. The second kappa shape index (κ2) is 4.71. The van der Waals surface area contributed by atoms with E-state index in [2.05, 4.69) is 15.9 Å². The van der Waals surface area contributed by atoms with Crippen molar-refractivity contribution in [2.75, 3.05) is 13.2 Å². The zero-order chi connectivity index (χ0) is 13.5. The number of fused-ring (bicyclic) bond motifs is 1. The van der Waals surface area contributed by atoms with E-state index in [0.29, 0.717) is 37.6 Å². The van der Waals surface area contributed by atoms with Gasteiger partial charge in [0.2, 0.25) is 0 Å². The molecule has 0 unspecified atom stereocenters. The largest absolute Gasteiger partial charge is 0.486 e. The van der Waals surface area contributed by atoms with E-state index in [4.69, 9.17) is 9.47 Å². The number of carbonyl (C=O) groups is 1. The van der Waals surface area contributed by atoms with E-state index in [9.17, 15) is 9.90 Å². The lowest BCUT2D eigenvalue weighted by Crippen LogP contribution is -2.33. The lowest BCUT2D eigenvalue weighted by Gasteiger charge is -2.28. The Morgan fingerprint density at radius 1 is 1.21 bits per heavy atom. The standard InChI is InChI=1S/C14H15BrO4/c15-11-9(14(13(16)17)5-1-2-6-14)3-4-10-12(11)19-8-7-18-10/h3-4H,1-2,5-8H2,(H,16,17). The number of carboxylic acid groups (broad SMARTS) is 1. The van der Waals surface area contributed by atoms with Gasteiger partial charge in [0.05, 0.1) is 9.89 Å². The molecule has 3 rings (SSSR count). The molecule has 1 heterocycles. The first-order valence-corrected chi connectivity index (χ1v) is 7.26. The molecule has 0 saturated heterocycles. The predicted octanol–water partition coefficient (Wildman–Crippen LogP) is 3.12. The van der Waals surface area contributed by atoms with Crippen LogP contribution in [0.2, 0.25) is 0 Å². The van der Waals surface area contributed by atoms with Crippen LogP contribution in [0.5, 0.6) is 11.5 Å². The van der Waals surface area contributed by atoms with Gasteiger partial charge in [-0.05, 0) is 40.4 Å². The van der Waals surface area contributed by atoms with Crippen LogP contribution in [0.1, 0.15) is 31.2 Å². The Labute approximate surface area is 119 Å². The lowest BCUT2D eigenvalue weighted by atomic mass is 9.79. The first kappa shape index (κ1) is 12.8. The molecule has 1 aromatic carbocycles. The minimum absolute atomic E-state index is 0.495. The number of aliphatic carboxylic acids is 1. The summed E-state index contributed by atoms with van der Waals surface area (Å²) in [5.74, 6) is 0.569. The third-order valence-electron chi connectivity index (χ3n) is 4.03. The molecule has 4 nitrogen and oxygen atoms in total. The van der Waals surface area contributed by atoms with E-state index in [-0.39, 0.29) is 0 Å². The fourth-order valence-corrected chi connectivity index (χ4v) is 3.85. The van der Waals surface area contributed by atoms with Crippen molar-refractivity contribution in [2.45, 2.75) is 31.1 Å². The molecular formula is C14H15BrO4. The Balaban J connectivity index is 2.12. The SMILES string of the molecule is O=C(O)C1(c2ccc3c(c2Br)OCCO3)CCCC1. The highest BCUT2D eigenvalue weighted by molar-refractivity contribution is 9.10. The number of rotatable bonds is 2. The van der Waals surface area contributed by atoms with E-state index in [1.807, 2.05) is 12.1 Å². The summed E-state index contributed by atoms with van der Waals surface area (Å²) >= 11 is 3.51. The Hall–Kier alpha value is -1.23. The van der Waals surface area contributed by atoms with Crippen molar-refractivity contribution in [1.82, 2.24) is 0 Å². The van der Waals surface area contributed by atoms with E-state index in [1.54, 1.807) is 0 Å². The highest BCUT2D eigenvalue weighted by Gasteiger charge is 2.45. The smallest absolute Gasteiger partial charge is 0.314 e. The third kappa shape index (κ3) is 1.91. The molecule has 0 atom stereocenters. The summed E-state index contributed by atoms with van der Waals surface area (Å²) in [6.07, 6.45) is 3.27. The van der Waals surface area contributed by atoms with Crippen molar-refractivity contribution in [3.05, 3.63) is 22.2 Å². The van der Waals surface area contributed by atoms with Gasteiger partial charge in [-0.3, -0.25) is 4.79 Å². The van der Waals surface area contributed by atoms with Crippen LogP contribution in [0.3, 0.4) is 0 Å². The van der Waals surface area contributed by atoms with Crippen LogP contribution < -0.4 is 9.47 Å². The molecule has 1 saturated carbocycles. The van der Waals surface area contributed by atoms with Crippen LogP contribution in [0, 0.1) is 0 Å². The second-order valence-corrected chi connectivity index (χ2v) is 5.84. The van der Waals surface area contributed by atoms with E-state index >= 15 is 0 Å². The number of hydrogen-bond donors (Lipinski definition) is 1. The Kier molecular flexibility index (Phi) is 3.17. The van der Waals surface area contributed by atoms with Crippen LogP contribution in [-0.4, -0.2) is 24.3 Å². The number of halogens is 1. The number of hydrogen-bond acceptors (Lipinski definition) is 3. The molecule has 2 aliphatic rings. The summed E-state index contributed by atoms with van der Waals surface area (Å²) in [5, 5.41) is 9.65. The normalized spacial score (nSPS) is 20.3. The maximum Gasteiger partial charge on any atom is 0.314 e. The number of ether oxygens (including phenoxy) is 2. The lowest BCUT2D eigenvalue weighted by molar-refractivity contribution is -0.143. The van der Waals surface area contributed by atoms with Crippen LogP contribution in [-0.2, 0) is 10.2 Å². The molecule has 0 bridgehead atoms. The van der Waals surface area contributed by atoms with E-state index < -0.39 is 11.4 Å². The van der Waals surface area contributed by atoms with Gasteiger partial charge in [0.25, 0.3) is 0 Å². The molecule has 0 amide bonds. The molecule has 1 aliphatic heterocycles. The highest BCUT2D eigenvalue weighted by atomic mass is 79.9. The summed E-state index contributed by atoms with van der Waals surface area (Å²) in [5.41, 5.74) is 0.0241. The molecule has 1 aliphatic carbocycles. The average Bonchev–Trinajstić information content (AvgIpc) is 2.90. The van der Waals surface area contributed by atoms with Gasteiger partial charge in [-0.1, -0.05) is 18.9 Å². The molecule has 1 fully saturated rings. The Morgan fingerprint density at radius 2 is 1.89 bits per heavy atom. The monoisotopic (exact) mass is 326 g/mol. The van der Waals surface area contributed by atoms with Gasteiger partial charge in [-0.15, -0.1) is 0 Å². The van der Waals surface area contributed by atoms with Gasteiger partial charge in [0.1, 0.15) is 13.2 Å². The second-order valence-electron chi connectivity index (χ2n) is 5.05. The fraction of sp³-hybridized carbons (Fsp3) is 0.500. The molecule has 19 heavy (non-hydrogen) atoms. The van der Waals surface area contributed by atoms with Crippen molar-refractivity contribution < 1.29 is 19.4 Å². The molecule has 1 aromatic rings. The molecule has 0 radical (unpaired) electrons. The predicted molar refractivity (Wildman–Crippen MR) is 72.9 cm³/mol. The van der Waals surface area contributed by atoms with Crippen molar-refractivity contribution in [2.24, 2.45) is 0 Å². The molecule has 1 N–H and O–H groups in total. The van der Waals surface area contributed by atoms with Gasteiger partial charge in [0, 0.05) is 0 Å². The molecular weight excluding hydrogens is 312 g/mol. The molecule has 102 valence electrons. The van der Waals surface area contributed by atoms with Crippen LogP contribution in [0.25, 0.3) is 0 Å². The minimum Gasteiger partial charge on any atom is -0.486 e. The van der Waals surface area contributed by atoms with Crippen molar-refractivity contribution in [3.63, 3.8) is 0 Å². The minimum atomic E-state index is -0.783. The first-order chi connectivity index (χ1) is 9.15. The van der Waals surface area contributed by atoms with Crippen molar-refractivity contribution in [1.29, 1.82) is 0 Å². The van der Waals surface area contributed by atoms with Crippen molar-refractivity contribution >= 4 is 21.9 Å².